The van der Waals surface area contributed by atoms with Crippen molar-refractivity contribution in [1.82, 2.24) is 19.8 Å². The van der Waals surface area contributed by atoms with Crippen LogP contribution in [0.1, 0.15) is 30.9 Å². The summed E-state index contributed by atoms with van der Waals surface area (Å²) in [6.07, 6.45) is 2.72. The summed E-state index contributed by atoms with van der Waals surface area (Å²) in [6, 6.07) is 10.1. The van der Waals surface area contributed by atoms with Gasteiger partial charge in [0.05, 0.1) is 0 Å². The molecule has 3 rings (SSSR count). The standard InChI is InChI=1S/C19H24N4O3/c1-2-16-13-22(12-15-10-20-19(26)21-18(15)25)9-8-17(24)23(16)11-14-6-4-3-5-7-14/h3-7,10,16H,2,8-9,11-13H2,1H3,(H2,20,21,25,26)/t16-/m0/s1. The van der Waals surface area contributed by atoms with E-state index in [0.29, 0.717) is 38.2 Å². The Morgan fingerprint density at radius 3 is 2.58 bits per heavy atom. The van der Waals surface area contributed by atoms with E-state index in [9.17, 15) is 14.4 Å². The number of benzene rings is 1. The van der Waals surface area contributed by atoms with Crippen molar-refractivity contribution in [3.8, 4) is 0 Å². The molecule has 138 valence electrons. The molecule has 1 aliphatic heterocycles. The molecule has 2 aromatic rings. The van der Waals surface area contributed by atoms with E-state index in [0.717, 1.165) is 12.0 Å². The smallest absolute Gasteiger partial charge is 0.325 e. The van der Waals surface area contributed by atoms with Gasteiger partial charge in [0.25, 0.3) is 5.56 Å². The van der Waals surface area contributed by atoms with Crippen LogP contribution in [0.15, 0.2) is 46.1 Å². The van der Waals surface area contributed by atoms with Gasteiger partial charge in [0, 0.05) is 50.4 Å². The topological polar surface area (TPSA) is 89.3 Å². The van der Waals surface area contributed by atoms with E-state index in [1.165, 1.54) is 6.20 Å². The van der Waals surface area contributed by atoms with Gasteiger partial charge in [0.15, 0.2) is 0 Å². The quantitative estimate of drug-likeness (QED) is 0.839. The molecule has 0 bridgehead atoms. The van der Waals surface area contributed by atoms with Crippen LogP contribution < -0.4 is 11.2 Å². The second-order valence-corrected chi connectivity index (χ2v) is 6.65. The Hall–Kier alpha value is -2.67. The predicted molar refractivity (Wildman–Crippen MR) is 98.6 cm³/mol. The third-order valence-electron chi connectivity index (χ3n) is 4.83. The molecular weight excluding hydrogens is 332 g/mol. The maximum Gasteiger partial charge on any atom is 0.325 e. The Kier molecular flexibility index (Phi) is 5.68. The molecule has 1 aliphatic rings. The minimum Gasteiger partial charge on any atom is -0.334 e. The molecular formula is C19H24N4O3. The Balaban J connectivity index is 1.75. The molecule has 2 heterocycles. The summed E-state index contributed by atoms with van der Waals surface area (Å²) >= 11 is 0. The first-order chi connectivity index (χ1) is 12.6. The average molecular weight is 356 g/mol. The number of carbonyl (C=O) groups excluding carboxylic acids is 1. The molecule has 1 aromatic heterocycles. The molecule has 7 heteroatoms. The number of aromatic amines is 2. The lowest BCUT2D eigenvalue weighted by Gasteiger charge is -2.31. The average Bonchev–Trinajstić information content (AvgIpc) is 2.78. The van der Waals surface area contributed by atoms with E-state index < -0.39 is 5.69 Å². The first-order valence-corrected chi connectivity index (χ1v) is 8.93. The fourth-order valence-corrected chi connectivity index (χ4v) is 3.38. The summed E-state index contributed by atoms with van der Waals surface area (Å²) in [4.78, 5) is 44.6. The lowest BCUT2D eigenvalue weighted by molar-refractivity contribution is -0.133. The van der Waals surface area contributed by atoms with Crippen molar-refractivity contribution < 1.29 is 4.79 Å². The predicted octanol–water partition coefficient (Wildman–Crippen LogP) is 1.08. The molecule has 0 radical (unpaired) electrons. The zero-order valence-corrected chi connectivity index (χ0v) is 14.9. The number of carbonyl (C=O) groups is 1. The Labute approximate surface area is 151 Å². The number of amides is 1. The molecule has 1 atom stereocenters. The zero-order valence-electron chi connectivity index (χ0n) is 14.9. The van der Waals surface area contributed by atoms with Gasteiger partial charge in [0.1, 0.15) is 0 Å². The van der Waals surface area contributed by atoms with Gasteiger partial charge in [-0.2, -0.15) is 0 Å². The maximum atomic E-state index is 12.7. The summed E-state index contributed by atoms with van der Waals surface area (Å²) in [7, 11) is 0. The molecule has 7 nitrogen and oxygen atoms in total. The van der Waals surface area contributed by atoms with Gasteiger partial charge in [-0.05, 0) is 12.0 Å². The number of aromatic nitrogens is 2. The molecule has 0 saturated carbocycles. The van der Waals surface area contributed by atoms with Crippen molar-refractivity contribution in [2.24, 2.45) is 0 Å². The van der Waals surface area contributed by atoms with Crippen LogP contribution in [-0.4, -0.2) is 44.8 Å². The van der Waals surface area contributed by atoms with E-state index in [1.807, 2.05) is 35.2 Å². The van der Waals surface area contributed by atoms with E-state index in [4.69, 9.17) is 0 Å². The highest BCUT2D eigenvalue weighted by Crippen LogP contribution is 2.18. The molecule has 26 heavy (non-hydrogen) atoms. The van der Waals surface area contributed by atoms with E-state index in [-0.39, 0.29) is 17.5 Å². The third-order valence-corrected chi connectivity index (χ3v) is 4.83. The number of hydrogen-bond acceptors (Lipinski definition) is 4. The molecule has 0 unspecified atom stereocenters. The largest absolute Gasteiger partial charge is 0.334 e. The number of nitrogens with one attached hydrogen (secondary N) is 2. The third kappa shape index (κ3) is 4.29. The van der Waals surface area contributed by atoms with Gasteiger partial charge in [0.2, 0.25) is 5.91 Å². The Morgan fingerprint density at radius 1 is 1.12 bits per heavy atom. The van der Waals surface area contributed by atoms with Gasteiger partial charge >= 0.3 is 5.69 Å². The maximum absolute atomic E-state index is 12.7. The van der Waals surface area contributed by atoms with Crippen LogP contribution in [0.3, 0.4) is 0 Å². The molecule has 1 amide bonds. The number of rotatable bonds is 5. The lowest BCUT2D eigenvalue weighted by atomic mass is 10.1. The highest BCUT2D eigenvalue weighted by molar-refractivity contribution is 5.77. The second-order valence-electron chi connectivity index (χ2n) is 6.65. The molecule has 1 saturated heterocycles. The van der Waals surface area contributed by atoms with Gasteiger partial charge in [-0.3, -0.25) is 19.5 Å². The van der Waals surface area contributed by atoms with Crippen molar-refractivity contribution in [2.45, 2.75) is 38.9 Å². The van der Waals surface area contributed by atoms with Crippen molar-refractivity contribution in [3.63, 3.8) is 0 Å². The van der Waals surface area contributed by atoms with Crippen molar-refractivity contribution in [3.05, 3.63) is 68.5 Å². The molecule has 1 fully saturated rings. The van der Waals surface area contributed by atoms with Crippen LogP contribution >= 0.6 is 0 Å². The van der Waals surface area contributed by atoms with E-state index in [1.54, 1.807) is 0 Å². The Morgan fingerprint density at radius 2 is 1.88 bits per heavy atom. The fourth-order valence-electron chi connectivity index (χ4n) is 3.38. The normalized spacial score (nSPS) is 18.7. The first-order valence-electron chi connectivity index (χ1n) is 8.93. The summed E-state index contributed by atoms with van der Waals surface area (Å²) in [6.45, 7) is 4.39. The highest BCUT2D eigenvalue weighted by Gasteiger charge is 2.28. The number of hydrogen-bond donors (Lipinski definition) is 2. The van der Waals surface area contributed by atoms with E-state index in [2.05, 4.69) is 21.8 Å². The molecule has 0 spiro atoms. The van der Waals surface area contributed by atoms with Gasteiger partial charge < -0.3 is 9.88 Å². The highest BCUT2D eigenvalue weighted by atomic mass is 16.2. The van der Waals surface area contributed by atoms with Crippen molar-refractivity contribution >= 4 is 5.91 Å². The van der Waals surface area contributed by atoms with Crippen molar-refractivity contribution in [2.75, 3.05) is 13.1 Å². The number of nitrogens with zero attached hydrogens (tertiary/aromatic N) is 2. The van der Waals surface area contributed by atoms with Crippen LogP contribution in [0.25, 0.3) is 0 Å². The molecule has 2 N–H and O–H groups in total. The van der Waals surface area contributed by atoms with Crippen LogP contribution in [0.2, 0.25) is 0 Å². The summed E-state index contributed by atoms with van der Waals surface area (Å²) < 4.78 is 0. The number of H-pyrrole nitrogens is 2. The van der Waals surface area contributed by atoms with Crippen molar-refractivity contribution in [1.29, 1.82) is 0 Å². The monoisotopic (exact) mass is 356 g/mol. The van der Waals surface area contributed by atoms with Gasteiger partial charge in [-0.25, -0.2) is 4.79 Å². The summed E-state index contributed by atoms with van der Waals surface area (Å²) in [5.74, 6) is 0.138. The minimum absolute atomic E-state index is 0.0899. The van der Waals surface area contributed by atoms with Crippen LogP contribution in [0.4, 0.5) is 0 Å². The molecule has 1 aromatic carbocycles. The SMILES string of the molecule is CC[C@H]1CN(Cc2c[nH]c(=O)[nH]c2=O)CCC(=O)N1Cc1ccccc1. The fraction of sp³-hybridized carbons (Fsp3) is 0.421. The lowest BCUT2D eigenvalue weighted by Crippen LogP contribution is -2.42. The first kappa shape index (κ1) is 18.1. The second kappa shape index (κ2) is 8.14. The van der Waals surface area contributed by atoms with Gasteiger partial charge in [-0.15, -0.1) is 0 Å². The van der Waals surface area contributed by atoms with Crippen LogP contribution in [-0.2, 0) is 17.9 Å². The van der Waals surface area contributed by atoms with Crippen LogP contribution in [0.5, 0.6) is 0 Å². The van der Waals surface area contributed by atoms with Gasteiger partial charge in [-0.1, -0.05) is 37.3 Å². The zero-order chi connectivity index (χ0) is 18.5. The summed E-state index contributed by atoms with van der Waals surface area (Å²) in [5.41, 5.74) is 0.733. The summed E-state index contributed by atoms with van der Waals surface area (Å²) in [5, 5.41) is 0. The van der Waals surface area contributed by atoms with Crippen LogP contribution in [0, 0.1) is 0 Å². The molecule has 0 aliphatic carbocycles. The van der Waals surface area contributed by atoms with E-state index >= 15 is 0 Å². The Bertz CT molecular complexity index is 859. The minimum atomic E-state index is -0.509.